The summed E-state index contributed by atoms with van der Waals surface area (Å²) in [4.78, 5) is 41.3. The van der Waals surface area contributed by atoms with Crippen LogP contribution in [0.25, 0.3) is 10.9 Å². The van der Waals surface area contributed by atoms with E-state index in [-0.39, 0.29) is 24.2 Å². The van der Waals surface area contributed by atoms with E-state index in [2.05, 4.69) is 15.6 Å². The van der Waals surface area contributed by atoms with Crippen molar-refractivity contribution in [3.05, 3.63) is 71.9 Å². The molecule has 3 N–H and O–H groups in total. The molecule has 3 aromatic rings. The number of carboxylic acids is 1. The topological polar surface area (TPSA) is 108 Å². The number of pyridine rings is 1. The molecule has 2 aromatic carbocycles. The van der Waals surface area contributed by atoms with E-state index in [1.165, 1.54) is 0 Å². The molecule has 1 aromatic heterocycles. The number of aliphatic carboxylic acids is 1. The number of aromatic nitrogens is 1. The summed E-state index contributed by atoms with van der Waals surface area (Å²) in [5.74, 6) is -1.57. The molecular weight excluding hydrogens is 418 g/mol. The predicted molar refractivity (Wildman–Crippen MR) is 126 cm³/mol. The van der Waals surface area contributed by atoms with Crippen LogP contribution >= 0.6 is 0 Å². The average Bonchev–Trinajstić information content (AvgIpc) is 2.84. The maximum Gasteiger partial charge on any atom is 0.326 e. The van der Waals surface area contributed by atoms with Crippen molar-refractivity contribution >= 4 is 34.4 Å². The summed E-state index contributed by atoms with van der Waals surface area (Å²) in [6.45, 7) is 0. The minimum atomic E-state index is -1.05. The molecule has 7 heteroatoms. The fourth-order valence-corrected chi connectivity index (χ4v) is 4.31. The Morgan fingerprint density at radius 2 is 1.70 bits per heavy atom. The number of rotatable bonds is 7. The van der Waals surface area contributed by atoms with E-state index in [0.29, 0.717) is 11.3 Å². The molecule has 0 bridgehead atoms. The summed E-state index contributed by atoms with van der Waals surface area (Å²) in [6, 6.07) is 15.1. The fourth-order valence-electron chi connectivity index (χ4n) is 4.31. The molecule has 1 aliphatic rings. The summed E-state index contributed by atoms with van der Waals surface area (Å²) in [5.41, 5.74) is 2.64. The van der Waals surface area contributed by atoms with Gasteiger partial charge in [-0.3, -0.25) is 14.6 Å². The van der Waals surface area contributed by atoms with Crippen LogP contribution in [-0.4, -0.2) is 33.9 Å². The zero-order valence-corrected chi connectivity index (χ0v) is 18.3. The summed E-state index contributed by atoms with van der Waals surface area (Å²) in [5, 5.41) is 15.9. The Hall–Kier alpha value is -3.74. The minimum Gasteiger partial charge on any atom is -0.480 e. The van der Waals surface area contributed by atoms with Crippen LogP contribution in [-0.2, 0) is 16.0 Å². The lowest BCUT2D eigenvalue weighted by atomic mass is 9.88. The molecule has 1 aliphatic carbocycles. The zero-order valence-electron chi connectivity index (χ0n) is 18.3. The molecule has 0 unspecified atom stereocenters. The van der Waals surface area contributed by atoms with E-state index in [1.807, 2.05) is 24.3 Å². The molecule has 1 heterocycles. The van der Waals surface area contributed by atoms with Gasteiger partial charge in [0.25, 0.3) is 5.91 Å². The molecule has 7 nitrogen and oxygen atoms in total. The lowest BCUT2D eigenvalue weighted by Crippen LogP contribution is -2.45. The van der Waals surface area contributed by atoms with E-state index >= 15 is 0 Å². The number of carbonyl (C=O) groups is 3. The number of nitrogens with one attached hydrogen (secondary N) is 2. The van der Waals surface area contributed by atoms with Crippen molar-refractivity contribution in [1.82, 2.24) is 10.3 Å². The van der Waals surface area contributed by atoms with Crippen molar-refractivity contribution < 1.29 is 19.5 Å². The van der Waals surface area contributed by atoms with Crippen molar-refractivity contribution in [2.24, 2.45) is 5.92 Å². The highest BCUT2D eigenvalue weighted by molar-refractivity contribution is 6.12. The number of para-hydroxylation sites is 1. The number of anilines is 1. The molecule has 1 fully saturated rings. The average molecular weight is 446 g/mol. The van der Waals surface area contributed by atoms with Gasteiger partial charge >= 0.3 is 5.97 Å². The van der Waals surface area contributed by atoms with Crippen LogP contribution in [0, 0.1) is 5.92 Å². The van der Waals surface area contributed by atoms with E-state index < -0.39 is 12.0 Å². The Bertz CT molecular complexity index is 1150. The number of carboxylic acid groups (broad SMARTS) is 1. The van der Waals surface area contributed by atoms with Crippen LogP contribution < -0.4 is 10.6 Å². The molecular formula is C26H27N3O4. The molecule has 0 spiro atoms. The molecule has 1 atom stereocenters. The summed E-state index contributed by atoms with van der Waals surface area (Å²) >= 11 is 0. The smallest absolute Gasteiger partial charge is 0.326 e. The van der Waals surface area contributed by atoms with E-state index in [0.717, 1.165) is 48.6 Å². The van der Waals surface area contributed by atoms with Gasteiger partial charge < -0.3 is 15.7 Å². The van der Waals surface area contributed by atoms with Crippen molar-refractivity contribution in [2.45, 2.75) is 44.6 Å². The highest BCUT2D eigenvalue weighted by Crippen LogP contribution is 2.24. The molecule has 33 heavy (non-hydrogen) atoms. The number of hydrogen-bond donors (Lipinski definition) is 3. The first-order valence-electron chi connectivity index (χ1n) is 11.3. The van der Waals surface area contributed by atoms with Gasteiger partial charge in [0.2, 0.25) is 5.91 Å². The molecule has 1 saturated carbocycles. The second kappa shape index (κ2) is 10.3. The highest BCUT2D eigenvalue weighted by atomic mass is 16.4. The van der Waals surface area contributed by atoms with Crippen LogP contribution in [0.1, 0.15) is 48.0 Å². The summed E-state index contributed by atoms with van der Waals surface area (Å²) in [7, 11) is 0. The fraction of sp³-hybridized carbons (Fsp3) is 0.308. The summed E-state index contributed by atoms with van der Waals surface area (Å²) in [6.07, 6.45) is 6.58. The van der Waals surface area contributed by atoms with Gasteiger partial charge in [-0.25, -0.2) is 4.79 Å². The molecule has 0 saturated heterocycles. The Balaban J connectivity index is 1.40. The van der Waals surface area contributed by atoms with Crippen molar-refractivity contribution in [2.75, 3.05) is 5.32 Å². The maximum absolute atomic E-state index is 12.8. The second-order valence-electron chi connectivity index (χ2n) is 8.47. The Kier molecular flexibility index (Phi) is 6.98. The third-order valence-corrected chi connectivity index (χ3v) is 6.14. The van der Waals surface area contributed by atoms with Gasteiger partial charge in [-0.05, 0) is 42.7 Å². The van der Waals surface area contributed by atoms with E-state index in [4.69, 9.17) is 0 Å². The number of nitrogens with zero attached hydrogens (tertiary/aromatic N) is 1. The summed E-state index contributed by atoms with van der Waals surface area (Å²) < 4.78 is 0. The van der Waals surface area contributed by atoms with Gasteiger partial charge in [-0.1, -0.05) is 49.6 Å². The number of carbonyl (C=O) groups excluding carboxylic acids is 2. The van der Waals surface area contributed by atoms with Crippen molar-refractivity contribution in [3.63, 3.8) is 0 Å². The number of fused-ring (bicyclic) bond motifs is 1. The van der Waals surface area contributed by atoms with Gasteiger partial charge in [-0.15, -0.1) is 0 Å². The maximum atomic E-state index is 12.8. The van der Waals surface area contributed by atoms with Gasteiger partial charge in [0.1, 0.15) is 6.04 Å². The Morgan fingerprint density at radius 3 is 2.42 bits per heavy atom. The van der Waals surface area contributed by atoms with Crippen LogP contribution in [0.15, 0.2) is 60.8 Å². The first kappa shape index (κ1) is 22.5. The lowest BCUT2D eigenvalue weighted by Gasteiger charge is -2.23. The van der Waals surface area contributed by atoms with E-state index in [1.54, 1.807) is 36.5 Å². The Labute approximate surface area is 192 Å². The third-order valence-electron chi connectivity index (χ3n) is 6.14. The normalized spacial score (nSPS) is 15.0. The monoisotopic (exact) mass is 445 g/mol. The number of hydrogen-bond acceptors (Lipinski definition) is 4. The number of amides is 2. The zero-order chi connectivity index (χ0) is 23.2. The van der Waals surface area contributed by atoms with Gasteiger partial charge in [0, 0.05) is 29.6 Å². The minimum absolute atomic E-state index is 0.0949. The molecule has 0 radical (unpaired) electrons. The standard InChI is InChI=1S/C26H27N3O4/c30-24(18-6-2-1-3-7-18)29-23(26(32)33)16-17-10-12-19(13-11-17)28-25(31)21-14-15-27-22-9-5-4-8-20(21)22/h4-5,8-15,18,23H,1-3,6-7,16H2,(H,28,31)(H,29,30)(H,32,33)/t23-/m0/s1. The largest absolute Gasteiger partial charge is 0.480 e. The molecule has 4 rings (SSSR count). The quantitative estimate of drug-likeness (QED) is 0.506. The molecule has 170 valence electrons. The first-order valence-corrected chi connectivity index (χ1v) is 11.3. The number of benzene rings is 2. The van der Waals surface area contributed by atoms with Gasteiger partial charge in [0.15, 0.2) is 0 Å². The third kappa shape index (κ3) is 5.55. The van der Waals surface area contributed by atoms with Crippen LogP contribution in [0.4, 0.5) is 5.69 Å². The van der Waals surface area contributed by atoms with Gasteiger partial charge in [0.05, 0.1) is 11.1 Å². The highest BCUT2D eigenvalue weighted by Gasteiger charge is 2.26. The van der Waals surface area contributed by atoms with Crippen LogP contribution in [0.5, 0.6) is 0 Å². The van der Waals surface area contributed by atoms with E-state index in [9.17, 15) is 19.5 Å². The van der Waals surface area contributed by atoms with Crippen molar-refractivity contribution in [3.8, 4) is 0 Å². The van der Waals surface area contributed by atoms with Crippen LogP contribution in [0.2, 0.25) is 0 Å². The second-order valence-corrected chi connectivity index (χ2v) is 8.47. The van der Waals surface area contributed by atoms with Crippen LogP contribution in [0.3, 0.4) is 0 Å². The van der Waals surface area contributed by atoms with Crippen molar-refractivity contribution in [1.29, 1.82) is 0 Å². The predicted octanol–water partition coefficient (Wildman–Crippen LogP) is 4.18. The Morgan fingerprint density at radius 1 is 0.970 bits per heavy atom. The molecule has 0 aliphatic heterocycles. The first-order chi connectivity index (χ1) is 16.0. The molecule has 2 amide bonds. The van der Waals surface area contributed by atoms with Gasteiger partial charge in [-0.2, -0.15) is 0 Å². The SMILES string of the molecule is O=C(Nc1ccc(C[C@H](NC(=O)C2CCCCC2)C(=O)O)cc1)c1ccnc2ccccc12. The lowest BCUT2D eigenvalue weighted by molar-refractivity contribution is -0.142.